The first-order valence-electron chi connectivity index (χ1n) is 13.9. The smallest absolute Gasteiger partial charge is 0.243 e. The summed E-state index contributed by atoms with van der Waals surface area (Å²) in [6, 6.07) is 19.1. The molecule has 0 saturated heterocycles. The Morgan fingerprint density at radius 1 is 0.975 bits per heavy atom. The van der Waals surface area contributed by atoms with Crippen molar-refractivity contribution >= 4 is 32.6 Å². The van der Waals surface area contributed by atoms with Gasteiger partial charge in [-0.1, -0.05) is 68.7 Å². The molecule has 1 N–H and O–H groups in total. The van der Waals surface area contributed by atoms with Crippen molar-refractivity contribution in [1.82, 2.24) is 14.5 Å². The molecule has 3 aromatic rings. The SMILES string of the molecule is CCC(C(=O)NC1CCCCC1)N(Cc1cccc(OC)c1)C(=O)CN(C)S(=O)(=O)c1ccc2ccccc2c1. The maximum absolute atomic E-state index is 13.8. The molecule has 0 aliphatic heterocycles. The zero-order valence-corrected chi connectivity index (χ0v) is 24.3. The second-order valence-electron chi connectivity index (χ2n) is 10.4. The van der Waals surface area contributed by atoms with E-state index in [9.17, 15) is 18.0 Å². The fourth-order valence-electron chi connectivity index (χ4n) is 5.31. The van der Waals surface area contributed by atoms with Gasteiger partial charge in [0.15, 0.2) is 0 Å². The molecule has 2 amide bonds. The molecule has 40 heavy (non-hydrogen) atoms. The summed E-state index contributed by atoms with van der Waals surface area (Å²) >= 11 is 0. The number of nitrogens with zero attached hydrogens (tertiary/aromatic N) is 2. The average molecular weight is 566 g/mol. The maximum Gasteiger partial charge on any atom is 0.243 e. The number of hydrogen-bond donors (Lipinski definition) is 1. The van der Waals surface area contributed by atoms with Gasteiger partial charge in [0.05, 0.1) is 18.6 Å². The molecule has 1 aliphatic rings. The number of ether oxygens (including phenoxy) is 1. The minimum atomic E-state index is -3.95. The Labute approximate surface area is 237 Å². The van der Waals surface area contributed by atoms with Crippen LogP contribution in [-0.4, -0.2) is 62.2 Å². The van der Waals surface area contributed by atoms with Crippen molar-refractivity contribution in [3.05, 3.63) is 72.3 Å². The normalized spacial score (nSPS) is 15.1. The van der Waals surface area contributed by atoms with Crippen LogP contribution in [-0.2, 0) is 26.2 Å². The minimum absolute atomic E-state index is 0.0972. The lowest BCUT2D eigenvalue weighted by atomic mass is 9.95. The van der Waals surface area contributed by atoms with Crippen molar-refractivity contribution in [2.24, 2.45) is 0 Å². The van der Waals surface area contributed by atoms with Gasteiger partial charge in [0, 0.05) is 19.6 Å². The van der Waals surface area contributed by atoms with Crippen LogP contribution >= 0.6 is 0 Å². The van der Waals surface area contributed by atoms with Gasteiger partial charge in [-0.3, -0.25) is 9.59 Å². The van der Waals surface area contributed by atoms with Gasteiger partial charge < -0.3 is 15.0 Å². The first kappa shape index (κ1) is 29.6. The molecule has 0 bridgehead atoms. The Morgan fingerprint density at radius 2 is 1.70 bits per heavy atom. The highest BCUT2D eigenvalue weighted by atomic mass is 32.2. The van der Waals surface area contributed by atoms with Crippen molar-refractivity contribution in [2.75, 3.05) is 20.7 Å². The molecule has 8 nitrogen and oxygen atoms in total. The number of fused-ring (bicyclic) bond motifs is 1. The molecule has 9 heteroatoms. The summed E-state index contributed by atoms with van der Waals surface area (Å²) in [6.07, 6.45) is 5.58. The van der Waals surface area contributed by atoms with Crippen LogP contribution < -0.4 is 10.1 Å². The predicted octanol–water partition coefficient (Wildman–Crippen LogP) is 4.73. The van der Waals surface area contributed by atoms with Gasteiger partial charge in [-0.05, 0) is 59.9 Å². The maximum atomic E-state index is 13.8. The number of methoxy groups -OCH3 is 1. The zero-order chi connectivity index (χ0) is 28.7. The largest absolute Gasteiger partial charge is 0.497 e. The topological polar surface area (TPSA) is 96.0 Å². The summed E-state index contributed by atoms with van der Waals surface area (Å²) < 4.78 is 33.4. The van der Waals surface area contributed by atoms with Gasteiger partial charge >= 0.3 is 0 Å². The second kappa shape index (κ2) is 13.3. The van der Waals surface area contributed by atoms with Gasteiger partial charge in [-0.2, -0.15) is 4.31 Å². The second-order valence-corrected chi connectivity index (χ2v) is 12.5. The van der Waals surface area contributed by atoms with Crippen molar-refractivity contribution in [1.29, 1.82) is 0 Å². The Morgan fingerprint density at radius 3 is 2.40 bits per heavy atom. The molecule has 1 unspecified atom stereocenters. The fourth-order valence-corrected chi connectivity index (χ4v) is 6.46. The Kier molecular flexibility index (Phi) is 9.81. The highest BCUT2D eigenvalue weighted by Gasteiger charge is 2.33. The van der Waals surface area contributed by atoms with E-state index in [4.69, 9.17) is 4.74 Å². The number of nitrogens with one attached hydrogen (secondary N) is 1. The Balaban J connectivity index is 1.58. The molecule has 1 fully saturated rings. The van der Waals surface area contributed by atoms with E-state index in [-0.39, 0.29) is 23.4 Å². The molecule has 3 aromatic carbocycles. The molecule has 0 spiro atoms. The highest BCUT2D eigenvalue weighted by molar-refractivity contribution is 7.89. The van der Waals surface area contributed by atoms with Crippen LogP contribution in [0.15, 0.2) is 71.6 Å². The lowest BCUT2D eigenvalue weighted by Crippen LogP contribution is -2.53. The van der Waals surface area contributed by atoms with Crippen LogP contribution in [0, 0.1) is 0 Å². The van der Waals surface area contributed by atoms with Crippen molar-refractivity contribution in [2.45, 2.75) is 69.0 Å². The number of benzene rings is 3. The number of rotatable bonds is 11. The lowest BCUT2D eigenvalue weighted by Gasteiger charge is -2.33. The summed E-state index contributed by atoms with van der Waals surface area (Å²) in [5, 5.41) is 4.88. The monoisotopic (exact) mass is 565 g/mol. The van der Waals surface area contributed by atoms with Gasteiger partial charge in [-0.15, -0.1) is 0 Å². The van der Waals surface area contributed by atoms with E-state index in [0.29, 0.717) is 12.2 Å². The van der Waals surface area contributed by atoms with E-state index in [0.717, 1.165) is 46.3 Å². The number of hydrogen-bond acceptors (Lipinski definition) is 5. The fraction of sp³-hybridized carbons (Fsp3) is 0.419. The number of sulfonamides is 1. The number of carbonyl (C=O) groups is 2. The predicted molar refractivity (Wildman–Crippen MR) is 156 cm³/mol. The van der Waals surface area contributed by atoms with E-state index in [2.05, 4.69) is 5.32 Å². The molecule has 0 heterocycles. The summed E-state index contributed by atoms with van der Waals surface area (Å²) in [4.78, 5) is 28.9. The van der Waals surface area contributed by atoms with Crippen LogP contribution in [0.1, 0.15) is 51.0 Å². The first-order valence-corrected chi connectivity index (χ1v) is 15.3. The van der Waals surface area contributed by atoms with Crippen molar-refractivity contribution in [3.8, 4) is 5.75 Å². The Bertz CT molecular complexity index is 1440. The molecule has 1 aliphatic carbocycles. The van der Waals surface area contributed by atoms with Crippen LogP contribution in [0.2, 0.25) is 0 Å². The number of amides is 2. The summed E-state index contributed by atoms with van der Waals surface area (Å²) in [6.45, 7) is 1.62. The van der Waals surface area contributed by atoms with Crippen LogP contribution in [0.5, 0.6) is 5.75 Å². The third-order valence-corrected chi connectivity index (χ3v) is 9.41. The van der Waals surface area contributed by atoms with Crippen LogP contribution in [0.3, 0.4) is 0 Å². The van der Waals surface area contributed by atoms with E-state index in [1.54, 1.807) is 25.3 Å². The minimum Gasteiger partial charge on any atom is -0.497 e. The van der Waals surface area contributed by atoms with E-state index in [1.165, 1.54) is 18.4 Å². The number of carbonyl (C=O) groups excluding carboxylic acids is 2. The third-order valence-electron chi connectivity index (χ3n) is 7.61. The molecule has 0 radical (unpaired) electrons. The van der Waals surface area contributed by atoms with Crippen molar-refractivity contribution in [3.63, 3.8) is 0 Å². The summed E-state index contributed by atoms with van der Waals surface area (Å²) in [5.41, 5.74) is 0.789. The summed E-state index contributed by atoms with van der Waals surface area (Å²) in [7, 11) is -0.984. The molecular weight excluding hydrogens is 526 g/mol. The molecule has 0 aromatic heterocycles. The zero-order valence-electron chi connectivity index (χ0n) is 23.5. The molecule has 214 valence electrons. The molecule has 1 saturated carbocycles. The van der Waals surface area contributed by atoms with Crippen molar-refractivity contribution < 1.29 is 22.7 Å². The van der Waals surface area contributed by atoms with E-state index < -0.39 is 28.5 Å². The van der Waals surface area contributed by atoms with Gasteiger partial charge in [-0.25, -0.2) is 8.42 Å². The Hall–Kier alpha value is -3.43. The molecular formula is C31H39N3O5S. The quantitative estimate of drug-likeness (QED) is 0.363. The standard InChI is InChI=1S/C31H39N3O5S/c1-4-29(31(36)32-26-14-6-5-7-15-26)34(21-23-11-10-16-27(19-23)39-3)30(35)22-33(2)40(37,38)28-18-17-24-12-8-9-13-25(24)20-28/h8-13,16-20,26,29H,4-7,14-15,21-22H2,1-3H3,(H,32,36). The molecule has 1 atom stereocenters. The lowest BCUT2D eigenvalue weighted by molar-refractivity contribution is -0.141. The van der Waals surface area contributed by atoms with E-state index in [1.807, 2.05) is 55.5 Å². The molecule has 4 rings (SSSR count). The van der Waals surface area contributed by atoms with Gasteiger partial charge in [0.1, 0.15) is 11.8 Å². The third kappa shape index (κ3) is 7.01. The summed E-state index contributed by atoms with van der Waals surface area (Å²) in [5.74, 6) is -0.00776. The van der Waals surface area contributed by atoms with Crippen LogP contribution in [0.25, 0.3) is 10.8 Å². The highest BCUT2D eigenvalue weighted by Crippen LogP contribution is 2.23. The van der Waals surface area contributed by atoms with Gasteiger partial charge in [0.25, 0.3) is 0 Å². The number of likely N-dealkylation sites (N-methyl/N-ethyl adjacent to an activating group) is 1. The average Bonchev–Trinajstić information content (AvgIpc) is 2.97. The van der Waals surface area contributed by atoms with E-state index >= 15 is 0 Å². The first-order chi connectivity index (χ1) is 19.2. The van der Waals surface area contributed by atoms with Crippen LogP contribution in [0.4, 0.5) is 0 Å². The van der Waals surface area contributed by atoms with Gasteiger partial charge in [0.2, 0.25) is 21.8 Å².